The van der Waals surface area contributed by atoms with Crippen LogP contribution in [-0.4, -0.2) is 22.2 Å². The van der Waals surface area contributed by atoms with Gasteiger partial charge in [-0.2, -0.15) is 5.10 Å². The van der Waals surface area contributed by atoms with Gasteiger partial charge in [0, 0.05) is 17.7 Å². The van der Waals surface area contributed by atoms with E-state index in [-0.39, 0.29) is 23.8 Å². The average molecular weight is 299 g/mol. The van der Waals surface area contributed by atoms with Crippen LogP contribution >= 0.6 is 0 Å². The number of non-ortho nitro benzene ring substituents is 1. The van der Waals surface area contributed by atoms with Crippen LogP contribution in [0.2, 0.25) is 0 Å². The zero-order valence-corrected chi connectivity index (χ0v) is 11.5. The van der Waals surface area contributed by atoms with E-state index < -0.39 is 4.92 Å². The highest BCUT2D eigenvalue weighted by atomic mass is 16.6. The quantitative estimate of drug-likeness (QED) is 0.500. The molecular weight excluding hydrogens is 286 g/mol. The van der Waals surface area contributed by atoms with Crippen LogP contribution in [0.15, 0.2) is 53.6 Å². The van der Waals surface area contributed by atoms with Crippen molar-refractivity contribution < 1.29 is 14.8 Å². The van der Waals surface area contributed by atoms with Crippen molar-refractivity contribution in [3.05, 3.63) is 69.8 Å². The smallest absolute Gasteiger partial charge is 0.269 e. The molecule has 0 radical (unpaired) electrons. The number of hydrogen-bond acceptors (Lipinski definition) is 5. The molecule has 0 aromatic heterocycles. The maximum atomic E-state index is 11.7. The van der Waals surface area contributed by atoms with Crippen LogP contribution in [-0.2, 0) is 11.2 Å². The van der Waals surface area contributed by atoms with Crippen LogP contribution in [0.25, 0.3) is 0 Å². The number of nitro groups is 1. The summed E-state index contributed by atoms with van der Waals surface area (Å²) in [6.07, 6.45) is 1.39. The van der Waals surface area contributed by atoms with E-state index in [1.807, 2.05) is 0 Å². The van der Waals surface area contributed by atoms with Crippen molar-refractivity contribution in [2.24, 2.45) is 5.10 Å². The van der Waals surface area contributed by atoms with E-state index >= 15 is 0 Å². The molecule has 0 aliphatic heterocycles. The number of nitrogens with zero attached hydrogens (tertiary/aromatic N) is 2. The minimum Gasteiger partial charge on any atom is -0.507 e. The molecule has 0 bridgehead atoms. The fraction of sp³-hybridized carbons (Fsp3) is 0.0667. The highest BCUT2D eigenvalue weighted by Gasteiger charge is 2.06. The maximum Gasteiger partial charge on any atom is 0.269 e. The molecule has 2 rings (SSSR count). The van der Waals surface area contributed by atoms with Gasteiger partial charge in [-0.3, -0.25) is 14.9 Å². The minimum absolute atomic E-state index is 0.0262. The molecule has 1 amide bonds. The normalized spacial score (nSPS) is 10.5. The van der Waals surface area contributed by atoms with E-state index in [1.54, 1.807) is 18.2 Å². The predicted octanol–water partition coefficient (Wildman–Crippen LogP) is 1.99. The summed E-state index contributed by atoms with van der Waals surface area (Å²) in [7, 11) is 0. The summed E-state index contributed by atoms with van der Waals surface area (Å²) in [4.78, 5) is 21.7. The van der Waals surface area contributed by atoms with Crippen LogP contribution in [0.3, 0.4) is 0 Å². The number of aromatic hydroxyl groups is 1. The molecule has 7 heteroatoms. The number of phenols is 1. The zero-order chi connectivity index (χ0) is 15.9. The zero-order valence-electron chi connectivity index (χ0n) is 11.5. The van der Waals surface area contributed by atoms with Gasteiger partial charge in [0.05, 0.1) is 17.6 Å². The monoisotopic (exact) mass is 299 g/mol. The van der Waals surface area contributed by atoms with Crippen LogP contribution in [0, 0.1) is 10.1 Å². The number of carbonyl (C=O) groups excluding carboxylic acids is 1. The molecule has 0 heterocycles. The third-order valence-corrected chi connectivity index (χ3v) is 2.84. The Morgan fingerprint density at radius 3 is 2.55 bits per heavy atom. The summed E-state index contributed by atoms with van der Waals surface area (Å²) in [5.74, 6) is -0.295. The number of carbonyl (C=O) groups is 1. The van der Waals surface area contributed by atoms with Crippen molar-refractivity contribution in [2.75, 3.05) is 0 Å². The Bertz CT molecular complexity index is 711. The number of hydrogen-bond donors (Lipinski definition) is 2. The van der Waals surface area contributed by atoms with Crippen molar-refractivity contribution in [1.82, 2.24) is 5.43 Å². The van der Waals surface area contributed by atoms with E-state index in [4.69, 9.17) is 0 Å². The second kappa shape index (κ2) is 6.98. The summed E-state index contributed by atoms with van der Waals surface area (Å²) in [6, 6.07) is 12.3. The van der Waals surface area contributed by atoms with Crippen LogP contribution in [0.4, 0.5) is 5.69 Å². The molecule has 0 aliphatic carbocycles. The number of nitrogens with one attached hydrogen (secondary N) is 1. The second-order valence-corrected chi connectivity index (χ2v) is 4.45. The summed E-state index contributed by atoms with van der Waals surface area (Å²) in [5, 5.41) is 23.8. The molecule has 112 valence electrons. The average Bonchev–Trinajstić information content (AvgIpc) is 2.50. The minimum atomic E-state index is -0.500. The first kappa shape index (κ1) is 15.2. The maximum absolute atomic E-state index is 11.7. The number of benzene rings is 2. The Kier molecular flexibility index (Phi) is 4.81. The largest absolute Gasteiger partial charge is 0.507 e. The Balaban J connectivity index is 1.90. The molecule has 2 aromatic rings. The van der Waals surface area contributed by atoms with E-state index in [0.29, 0.717) is 11.1 Å². The summed E-state index contributed by atoms with van der Waals surface area (Å²) < 4.78 is 0. The van der Waals surface area contributed by atoms with Gasteiger partial charge in [0.25, 0.3) is 5.69 Å². The topological polar surface area (TPSA) is 105 Å². The lowest BCUT2D eigenvalue weighted by atomic mass is 10.1. The van der Waals surface area contributed by atoms with Gasteiger partial charge in [-0.25, -0.2) is 5.43 Å². The van der Waals surface area contributed by atoms with Crippen molar-refractivity contribution in [1.29, 1.82) is 0 Å². The number of nitro benzene ring substituents is 1. The van der Waals surface area contributed by atoms with Crippen molar-refractivity contribution in [3.63, 3.8) is 0 Å². The molecule has 0 unspecified atom stereocenters. The van der Waals surface area contributed by atoms with E-state index in [9.17, 15) is 20.0 Å². The first-order valence-corrected chi connectivity index (χ1v) is 6.39. The van der Waals surface area contributed by atoms with Gasteiger partial charge in [0.2, 0.25) is 5.91 Å². The number of rotatable bonds is 5. The summed E-state index contributed by atoms with van der Waals surface area (Å²) in [6.45, 7) is 0. The molecule has 0 fully saturated rings. The molecule has 2 aromatic carbocycles. The fourth-order valence-corrected chi connectivity index (χ4v) is 1.73. The molecular formula is C15H13N3O4. The molecule has 2 N–H and O–H groups in total. The van der Waals surface area contributed by atoms with Crippen LogP contribution in [0.1, 0.15) is 11.1 Å². The Morgan fingerprint density at radius 1 is 1.23 bits per heavy atom. The van der Waals surface area contributed by atoms with Crippen molar-refractivity contribution in [3.8, 4) is 5.75 Å². The SMILES string of the molecule is O=C(Cc1ccc([N+](=O)[O-])cc1)N/N=C/c1ccccc1O. The predicted molar refractivity (Wildman–Crippen MR) is 80.6 cm³/mol. The molecule has 7 nitrogen and oxygen atoms in total. The second-order valence-electron chi connectivity index (χ2n) is 4.45. The summed E-state index contributed by atoms with van der Waals surface area (Å²) in [5.41, 5.74) is 3.43. The lowest BCUT2D eigenvalue weighted by molar-refractivity contribution is -0.384. The van der Waals surface area contributed by atoms with Gasteiger partial charge in [-0.1, -0.05) is 24.3 Å². The van der Waals surface area contributed by atoms with Gasteiger partial charge in [-0.15, -0.1) is 0 Å². The molecule has 0 atom stereocenters. The number of para-hydroxylation sites is 1. The lowest BCUT2D eigenvalue weighted by Crippen LogP contribution is -2.19. The Hall–Kier alpha value is -3.22. The lowest BCUT2D eigenvalue weighted by Gasteiger charge is -2.01. The van der Waals surface area contributed by atoms with Gasteiger partial charge in [-0.05, 0) is 17.7 Å². The number of hydrazone groups is 1. The number of amides is 1. The van der Waals surface area contributed by atoms with Crippen LogP contribution < -0.4 is 5.43 Å². The standard InChI is InChI=1S/C15H13N3O4/c19-14-4-2-1-3-12(14)10-16-17-15(20)9-11-5-7-13(8-6-11)18(21)22/h1-8,10,19H,9H2,(H,17,20)/b16-10+. The van der Waals surface area contributed by atoms with Gasteiger partial charge >= 0.3 is 0 Å². The Morgan fingerprint density at radius 2 is 1.91 bits per heavy atom. The first-order valence-electron chi connectivity index (χ1n) is 6.39. The third kappa shape index (κ3) is 4.14. The highest BCUT2D eigenvalue weighted by molar-refractivity contribution is 5.85. The van der Waals surface area contributed by atoms with E-state index in [2.05, 4.69) is 10.5 Å². The van der Waals surface area contributed by atoms with E-state index in [1.165, 1.54) is 36.5 Å². The molecule has 22 heavy (non-hydrogen) atoms. The van der Waals surface area contributed by atoms with Gasteiger partial charge in [0.15, 0.2) is 0 Å². The highest BCUT2D eigenvalue weighted by Crippen LogP contribution is 2.13. The van der Waals surface area contributed by atoms with Gasteiger partial charge < -0.3 is 5.11 Å². The fourth-order valence-electron chi connectivity index (χ4n) is 1.73. The van der Waals surface area contributed by atoms with Gasteiger partial charge in [0.1, 0.15) is 5.75 Å². The number of phenolic OH excluding ortho intramolecular Hbond substituents is 1. The first-order chi connectivity index (χ1) is 10.6. The molecule has 0 aliphatic rings. The Labute approximate surface area is 126 Å². The molecule has 0 saturated heterocycles. The summed E-state index contributed by atoms with van der Waals surface area (Å²) >= 11 is 0. The van der Waals surface area contributed by atoms with Crippen molar-refractivity contribution >= 4 is 17.8 Å². The molecule has 0 spiro atoms. The van der Waals surface area contributed by atoms with E-state index in [0.717, 1.165) is 0 Å². The molecule has 0 saturated carbocycles. The third-order valence-electron chi connectivity index (χ3n) is 2.84. The van der Waals surface area contributed by atoms with Crippen molar-refractivity contribution in [2.45, 2.75) is 6.42 Å². The van der Waals surface area contributed by atoms with Crippen LogP contribution in [0.5, 0.6) is 5.75 Å².